The van der Waals surface area contributed by atoms with E-state index in [2.05, 4.69) is 0 Å². The third kappa shape index (κ3) is 4.12. The van der Waals surface area contributed by atoms with Crippen molar-refractivity contribution in [3.05, 3.63) is 9.81 Å². The van der Waals surface area contributed by atoms with Gasteiger partial charge >= 0.3 is 6.03 Å². The monoisotopic (exact) mass is 356 g/mol. The molecule has 0 spiro atoms. The van der Waals surface area contributed by atoms with Gasteiger partial charge in [-0.15, -0.1) is 23.5 Å². The molecule has 5 nitrogen and oxygen atoms in total. The first-order valence-corrected chi connectivity index (χ1v) is 10.3. The fourth-order valence-corrected chi connectivity index (χ4v) is 5.06. The molecule has 0 aromatic rings. The molecule has 0 aliphatic carbocycles. The van der Waals surface area contributed by atoms with Crippen molar-refractivity contribution in [2.45, 2.75) is 46.0 Å². The topological polar surface area (TPSA) is 57.7 Å². The lowest BCUT2D eigenvalue weighted by Crippen LogP contribution is -2.57. The van der Waals surface area contributed by atoms with Gasteiger partial charge in [-0.05, 0) is 30.8 Å². The highest BCUT2D eigenvalue weighted by atomic mass is 32.2. The number of barbiturate groups is 1. The summed E-state index contributed by atoms with van der Waals surface area (Å²) in [6, 6.07) is -0.447. The van der Waals surface area contributed by atoms with E-state index in [1.54, 1.807) is 23.5 Å². The molecule has 2 saturated heterocycles. The van der Waals surface area contributed by atoms with Gasteiger partial charge in [0.05, 0.1) is 4.24 Å². The van der Waals surface area contributed by atoms with Gasteiger partial charge in [0.2, 0.25) is 0 Å². The van der Waals surface area contributed by atoms with Crippen LogP contribution in [0.5, 0.6) is 0 Å². The van der Waals surface area contributed by atoms with Crippen molar-refractivity contribution in [2.24, 2.45) is 0 Å². The predicted octanol–water partition coefficient (Wildman–Crippen LogP) is 3.46. The highest BCUT2D eigenvalue weighted by Gasteiger charge is 2.43. The van der Waals surface area contributed by atoms with Crippen molar-refractivity contribution in [1.82, 2.24) is 9.80 Å². The Kier molecular flexibility index (Phi) is 7.02. The number of amides is 4. The Morgan fingerprint density at radius 2 is 1.35 bits per heavy atom. The molecule has 23 heavy (non-hydrogen) atoms. The van der Waals surface area contributed by atoms with E-state index in [9.17, 15) is 14.4 Å². The van der Waals surface area contributed by atoms with Crippen molar-refractivity contribution in [2.75, 3.05) is 24.6 Å². The van der Waals surface area contributed by atoms with Crippen LogP contribution in [-0.4, -0.2) is 52.2 Å². The average molecular weight is 357 g/mol. The number of unbranched alkanes of at least 4 members (excludes halogenated alkanes) is 2. The normalized spacial score (nSPS) is 19.8. The van der Waals surface area contributed by atoms with Crippen LogP contribution in [0.25, 0.3) is 0 Å². The Morgan fingerprint density at radius 1 is 0.870 bits per heavy atom. The molecule has 0 unspecified atom stereocenters. The lowest BCUT2D eigenvalue weighted by Gasteiger charge is -2.35. The summed E-state index contributed by atoms with van der Waals surface area (Å²) in [5.74, 6) is 1.03. The summed E-state index contributed by atoms with van der Waals surface area (Å²) in [5.41, 5.74) is 0.214. The van der Waals surface area contributed by atoms with Gasteiger partial charge in [0, 0.05) is 13.1 Å². The molecule has 2 aliphatic rings. The molecule has 4 amide bonds. The molecule has 128 valence electrons. The van der Waals surface area contributed by atoms with Gasteiger partial charge in [-0.3, -0.25) is 19.4 Å². The van der Waals surface area contributed by atoms with Crippen molar-refractivity contribution in [3.8, 4) is 0 Å². The zero-order valence-corrected chi connectivity index (χ0v) is 15.4. The molecule has 2 heterocycles. The molecular formula is C16H24N2O3S2. The van der Waals surface area contributed by atoms with Gasteiger partial charge in [0.1, 0.15) is 5.57 Å². The van der Waals surface area contributed by atoms with Crippen LogP contribution in [-0.2, 0) is 9.59 Å². The van der Waals surface area contributed by atoms with E-state index in [1.807, 2.05) is 13.8 Å². The predicted molar refractivity (Wildman–Crippen MR) is 95.2 cm³/mol. The number of hydrogen-bond acceptors (Lipinski definition) is 5. The smallest absolute Gasteiger partial charge is 0.268 e. The van der Waals surface area contributed by atoms with Crippen LogP contribution in [0.1, 0.15) is 46.0 Å². The largest absolute Gasteiger partial charge is 0.333 e. The third-order valence-electron chi connectivity index (χ3n) is 3.81. The fourth-order valence-electron chi connectivity index (χ4n) is 2.46. The first kappa shape index (κ1) is 18.4. The Bertz CT molecular complexity index is 479. The number of carbonyl (C=O) groups excluding carboxylic acids is 3. The Morgan fingerprint density at radius 3 is 1.78 bits per heavy atom. The Balaban J connectivity index is 2.33. The van der Waals surface area contributed by atoms with Crippen LogP contribution in [0.2, 0.25) is 0 Å². The minimum Gasteiger partial charge on any atom is -0.268 e. The quantitative estimate of drug-likeness (QED) is 0.539. The second-order valence-corrected chi connectivity index (χ2v) is 8.08. The summed E-state index contributed by atoms with van der Waals surface area (Å²) in [5, 5.41) is 0. The third-order valence-corrected chi connectivity index (χ3v) is 6.43. The molecule has 0 aromatic carbocycles. The number of urea groups is 1. The zero-order valence-electron chi connectivity index (χ0n) is 13.8. The van der Waals surface area contributed by atoms with Crippen molar-refractivity contribution < 1.29 is 14.4 Å². The summed E-state index contributed by atoms with van der Waals surface area (Å²) < 4.78 is 0.793. The number of rotatable bonds is 6. The minimum absolute atomic E-state index is 0.214. The van der Waals surface area contributed by atoms with E-state index in [0.717, 1.165) is 47.8 Å². The summed E-state index contributed by atoms with van der Waals surface area (Å²) in [6.45, 7) is 4.81. The van der Waals surface area contributed by atoms with Crippen LogP contribution >= 0.6 is 23.5 Å². The zero-order chi connectivity index (χ0) is 16.8. The summed E-state index contributed by atoms with van der Waals surface area (Å²) >= 11 is 3.13. The Hall–Kier alpha value is -0.950. The van der Waals surface area contributed by atoms with Crippen LogP contribution < -0.4 is 0 Å². The molecular weight excluding hydrogens is 332 g/mol. The highest BCUT2D eigenvalue weighted by molar-refractivity contribution is 8.22. The highest BCUT2D eigenvalue weighted by Crippen LogP contribution is 2.39. The molecule has 0 N–H and O–H groups in total. The van der Waals surface area contributed by atoms with E-state index in [0.29, 0.717) is 13.1 Å². The van der Waals surface area contributed by atoms with E-state index in [-0.39, 0.29) is 5.57 Å². The van der Waals surface area contributed by atoms with E-state index >= 15 is 0 Å². The second kappa shape index (κ2) is 8.78. The van der Waals surface area contributed by atoms with Crippen LogP contribution in [0, 0.1) is 0 Å². The lowest BCUT2D eigenvalue weighted by molar-refractivity contribution is -0.136. The molecule has 7 heteroatoms. The maximum Gasteiger partial charge on any atom is 0.333 e. The van der Waals surface area contributed by atoms with E-state index in [4.69, 9.17) is 0 Å². The van der Waals surface area contributed by atoms with Gasteiger partial charge in [0.15, 0.2) is 0 Å². The van der Waals surface area contributed by atoms with Crippen LogP contribution in [0.15, 0.2) is 9.81 Å². The van der Waals surface area contributed by atoms with Crippen molar-refractivity contribution in [1.29, 1.82) is 0 Å². The van der Waals surface area contributed by atoms with Gasteiger partial charge in [-0.25, -0.2) is 4.79 Å². The first-order valence-electron chi connectivity index (χ1n) is 8.29. The Labute approximate surface area is 146 Å². The molecule has 2 fully saturated rings. The van der Waals surface area contributed by atoms with Crippen LogP contribution in [0.4, 0.5) is 4.79 Å². The average Bonchev–Trinajstić information content (AvgIpc) is 2.56. The second-order valence-electron chi connectivity index (χ2n) is 5.62. The summed E-state index contributed by atoms with van der Waals surface area (Å²) in [6.07, 6.45) is 4.39. The fraction of sp³-hybridized carbons (Fsp3) is 0.688. The molecule has 2 aliphatic heterocycles. The van der Waals surface area contributed by atoms with Crippen molar-refractivity contribution >= 4 is 41.4 Å². The number of nitrogens with zero attached hydrogens (tertiary/aromatic N) is 2. The van der Waals surface area contributed by atoms with Gasteiger partial charge < -0.3 is 0 Å². The minimum atomic E-state index is -0.447. The van der Waals surface area contributed by atoms with Crippen LogP contribution in [0.3, 0.4) is 0 Å². The summed E-state index contributed by atoms with van der Waals surface area (Å²) in [4.78, 5) is 40.6. The lowest BCUT2D eigenvalue weighted by atomic mass is 10.1. The van der Waals surface area contributed by atoms with E-state index in [1.165, 1.54) is 9.80 Å². The molecule has 0 aromatic heterocycles. The molecule has 0 atom stereocenters. The number of carbonyl (C=O) groups is 3. The molecule has 0 saturated carbocycles. The summed E-state index contributed by atoms with van der Waals surface area (Å²) in [7, 11) is 0. The maximum absolute atomic E-state index is 12.7. The standard InChI is InChI=1S/C16H24N2O3S2/c1-3-5-8-17-13(19)12(15-22-10-7-11-23-15)14(20)18(16(17)21)9-6-4-2/h3-11H2,1-2H3. The number of thioether (sulfide) groups is 2. The molecule has 0 radical (unpaired) electrons. The van der Waals surface area contributed by atoms with Gasteiger partial charge in [-0.1, -0.05) is 26.7 Å². The van der Waals surface area contributed by atoms with Gasteiger partial charge in [0.25, 0.3) is 11.8 Å². The maximum atomic E-state index is 12.7. The van der Waals surface area contributed by atoms with Gasteiger partial charge in [-0.2, -0.15) is 0 Å². The molecule has 0 bridgehead atoms. The van der Waals surface area contributed by atoms with Crippen molar-refractivity contribution in [3.63, 3.8) is 0 Å². The van der Waals surface area contributed by atoms with E-state index < -0.39 is 17.8 Å². The SMILES string of the molecule is CCCCN1C(=O)C(=C2SCCCS2)C(=O)N(CCCC)C1=O. The first-order chi connectivity index (χ1) is 11.1. The number of imide groups is 2. The number of hydrogen-bond donors (Lipinski definition) is 0. The molecule has 2 rings (SSSR count).